The summed E-state index contributed by atoms with van der Waals surface area (Å²) in [4.78, 5) is 0.261. The molecule has 4 nitrogen and oxygen atoms in total. The highest BCUT2D eigenvalue weighted by Crippen LogP contribution is 2.20. The van der Waals surface area contributed by atoms with E-state index >= 15 is 0 Å². The summed E-state index contributed by atoms with van der Waals surface area (Å²) in [7, 11) is -3.51. The molecule has 96 valence electrons. The van der Waals surface area contributed by atoms with Crippen LogP contribution in [0.1, 0.15) is 12.5 Å². The molecule has 0 heterocycles. The number of hydrogen-bond acceptors (Lipinski definition) is 3. The van der Waals surface area contributed by atoms with Crippen LogP contribution in [0.25, 0.3) is 0 Å². The first-order valence-corrected chi connectivity index (χ1v) is 7.51. The molecule has 0 saturated carbocycles. The fourth-order valence-electron chi connectivity index (χ4n) is 1.26. The Morgan fingerprint density at radius 1 is 1.47 bits per heavy atom. The number of aliphatic hydroxyl groups excluding tert-OH is 1. The molecule has 17 heavy (non-hydrogen) atoms. The molecular weight excluding hydrogens is 306 g/mol. The van der Waals surface area contributed by atoms with Crippen molar-refractivity contribution in [1.82, 2.24) is 4.72 Å². The van der Waals surface area contributed by atoms with E-state index in [4.69, 9.17) is 5.11 Å². The van der Waals surface area contributed by atoms with Crippen molar-refractivity contribution in [1.29, 1.82) is 0 Å². The Labute approximate surface area is 110 Å². The van der Waals surface area contributed by atoms with Gasteiger partial charge in [-0.3, -0.25) is 0 Å². The molecule has 0 amide bonds. The topological polar surface area (TPSA) is 66.4 Å². The van der Waals surface area contributed by atoms with Gasteiger partial charge in [-0.1, -0.05) is 28.9 Å². The quantitative estimate of drug-likeness (QED) is 0.866. The van der Waals surface area contributed by atoms with Crippen LogP contribution in [0.5, 0.6) is 0 Å². The summed E-state index contributed by atoms with van der Waals surface area (Å²) >= 11 is 3.25. The van der Waals surface area contributed by atoms with Crippen molar-refractivity contribution in [3.05, 3.63) is 28.2 Å². The fourth-order valence-corrected chi connectivity index (χ4v) is 3.20. The third-order valence-corrected chi connectivity index (χ3v) is 4.43. The largest absolute Gasteiger partial charge is 0.396 e. The minimum Gasteiger partial charge on any atom is -0.396 e. The number of nitrogens with one attached hydrogen (secondary N) is 1. The van der Waals surface area contributed by atoms with Crippen LogP contribution in [-0.2, 0) is 10.0 Å². The summed E-state index contributed by atoms with van der Waals surface area (Å²) < 4.78 is 27.2. The lowest BCUT2D eigenvalue weighted by Crippen LogP contribution is -2.30. The second-order valence-electron chi connectivity index (χ2n) is 4.05. The van der Waals surface area contributed by atoms with Gasteiger partial charge in [0.1, 0.15) is 0 Å². The minimum absolute atomic E-state index is 0.0417. The van der Waals surface area contributed by atoms with Gasteiger partial charge in [0.05, 0.1) is 4.90 Å². The highest BCUT2D eigenvalue weighted by Gasteiger charge is 2.17. The Bertz CT molecular complexity index is 487. The third kappa shape index (κ3) is 4.06. The zero-order chi connectivity index (χ0) is 13.1. The Morgan fingerprint density at radius 3 is 2.71 bits per heavy atom. The van der Waals surface area contributed by atoms with E-state index in [9.17, 15) is 8.42 Å². The molecule has 0 bridgehead atoms. The predicted octanol–water partition coefficient (Wildman–Crippen LogP) is 1.66. The number of rotatable bonds is 5. The van der Waals surface area contributed by atoms with Gasteiger partial charge in [0.15, 0.2) is 0 Å². The number of aliphatic hydroxyl groups is 1. The molecule has 6 heteroatoms. The van der Waals surface area contributed by atoms with Gasteiger partial charge in [-0.2, -0.15) is 0 Å². The van der Waals surface area contributed by atoms with E-state index < -0.39 is 10.0 Å². The molecule has 2 N–H and O–H groups in total. The van der Waals surface area contributed by atoms with E-state index in [1.807, 2.05) is 0 Å². The Kier molecular flexibility index (Phi) is 5.12. The van der Waals surface area contributed by atoms with Crippen molar-refractivity contribution in [2.75, 3.05) is 13.2 Å². The molecule has 1 atom stereocenters. The minimum atomic E-state index is -3.51. The fraction of sp³-hybridized carbons (Fsp3) is 0.455. The molecule has 0 fully saturated rings. The van der Waals surface area contributed by atoms with Crippen molar-refractivity contribution < 1.29 is 13.5 Å². The van der Waals surface area contributed by atoms with E-state index in [-0.39, 0.29) is 24.0 Å². The van der Waals surface area contributed by atoms with Gasteiger partial charge in [0.2, 0.25) is 10.0 Å². The molecule has 0 radical (unpaired) electrons. The van der Waals surface area contributed by atoms with E-state index in [1.54, 1.807) is 32.0 Å². The Hall–Kier alpha value is -0.430. The van der Waals surface area contributed by atoms with Gasteiger partial charge in [0, 0.05) is 17.6 Å². The first kappa shape index (κ1) is 14.6. The zero-order valence-electron chi connectivity index (χ0n) is 9.77. The van der Waals surface area contributed by atoms with Crippen LogP contribution in [0.4, 0.5) is 0 Å². The molecule has 1 aromatic carbocycles. The number of aryl methyl sites for hydroxylation is 1. The standard InChI is InChI=1S/C11H16BrNO3S/c1-8(7-14)6-13-17(15,16)11-5-10(12)4-3-9(11)2/h3-5,8,13-14H,6-7H2,1-2H3. The van der Waals surface area contributed by atoms with Gasteiger partial charge >= 0.3 is 0 Å². The van der Waals surface area contributed by atoms with E-state index in [2.05, 4.69) is 20.7 Å². The number of hydrogen-bond donors (Lipinski definition) is 2. The summed E-state index contributed by atoms with van der Waals surface area (Å²) in [6.45, 7) is 3.71. The lowest BCUT2D eigenvalue weighted by molar-refractivity contribution is 0.238. The SMILES string of the molecule is Cc1ccc(Br)cc1S(=O)(=O)NCC(C)CO. The molecular formula is C11H16BrNO3S. The number of sulfonamides is 1. The molecule has 0 spiro atoms. The maximum absolute atomic E-state index is 12.0. The smallest absolute Gasteiger partial charge is 0.240 e. The first-order valence-electron chi connectivity index (χ1n) is 5.23. The van der Waals surface area contributed by atoms with E-state index in [0.717, 1.165) is 4.47 Å². The van der Waals surface area contributed by atoms with Gasteiger partial charge in [-0.15, -0.1) is 0 Å². The normalized spacial score (nSPS) is 13.6. The van der Waals surface area contributed by atoms with Gasteiger partial charge in [-0.25, -0.2) is 13.1 Å². The number of benzene rings is 1. The van der Waals surface area contributed by atoms with Gasteiger partial charge in [-0.05, 0) is 30.5 Å². The first-order chi connectivity index (χ1) is 7.86. The van der Waals surface area contributed by atoms with Crippen LogP contribution in [0.3, 0.4) is 0 Å². The van der Waals surface area contributed by atoms with Gasteiger partial charge < -0.3 is 5.11 Å². The Morgan fingerprint density at radius 2 is 2.12 bits per heavy atom. The van der Waals surface area contributed by atoms with Crippen LogP contribution < -0.4 is 4.72 Å². The summed E-state index contributed by atoms with van der Waals surface area (Å²) in [5.41, 5.74) is 0.692. The lowest BCUT2D eigenvalue weighted by Gasteiger charge is -2.12. The van der Waals surface area contributed by atoms with Crippen LogP contribution in [0.15, 0.2) is 27.6 Å². The van der Waals surface area contributed by atoms with Crippen LogP contribution in [0, 0.1) is 12.8 Å². The highest BCUT2D eigenvalue weighted by atomic mass is 79.9. The molecule has 0 saturated heterocycles. The molecule has 1 aromatic rings. The van der Waals surface area contributed by atoms with E-state index in [0.29, 0.717) is 5.56 Å². The summed E-state index contributed by atoms with van der Waals surface area (Å²) in [5, 5.41) is 8.86. The van der Waals surface area contributed by atoms with Crippen molar-refractivity contribution in [3.63, 3.8) is 0 Å². The van der Waals surface area contributed by atoms with Gasteiger partial charge in [0.25, 0.3) is 0 Å². The summed E-state index contributed by atoms with van der Waals surface area (Å²) in [6, 6.07) is 5.11. The average molecular weight is 322 g/mol. The van der Waals surface area contributed by atoms with Crippen LogP contribution >= 0.6 is 15.9 Å². The molecule has 0 aliphatic rings. The molecule has 1 unspecified atom stereocenters. The van der Waals surface area contributed by atoms with Crippen molar-refractivity contribution in [3.8, 4) is 0 Å². The summed E-state index contributed by atoms with van der Waals surface area (Å²) in [5.74, 6) is -0.0998. The van der Waals surface area contributed by atoms with E-state index in [1.165, 1.54) is 0 Å². The molecule has 0 aromatic heterocycles. The second-order valence-corrected chi connectivity index (χ2v) is 6.70. The molecule has 1 rings (SSSR count). The highest BCUT2D eigenvalue weighted by molar-refractivity contribution is 9.10. The van der Waals surface area contributed by atoms with Crippen molar-refractivity contribution in [2.45, 2.75) is 18.7 Å². The average Bonchev–Trinajstić information content (AvgIpc) is 2.29. The van der Waals surface area contributed by atoms with Crippen molar-refractivity contribution >= 4 is 26.0 Å². The van der Waals surface area contributed by atoms with Crippen LogP contribution in [-0.4, -0.2) is 26.7 Å². The monoisotopic (exact) mass is 321 g/mol. The molecule has 0 aliphatic heterocycles. The summed E-state index contributed by atoms with van der Waals surface area (Å²) in [6.07, 6.45) is 0. The van der Waals surface area contributed by atoms with Crippen LogP contribution in [0.2, 0.25) is 0 Å². The maximum Gasteiger partial charge on any atom is 0.240 e. The number of halogens is 1. The lowest BCUT2D eigenvalue weighted by atomic mass is 10.2. The molecule has 0 aliphatic carbocycles. The third-order valence-electron chi connectivity index (χ3n) is 2.37. The zero-order valence-corrected chi connectivity index (χ0v) is 12.2. The maximum atomic E-state index is 12.0. The van der Waals surface area contributed by atoms with Crippen molar-refractivity contribution in [2.24, 2.45) is 5.92 Å². The predicted molar refractivity (Wildman–Crippen MR) is 70.3 cm³/mol. The second kappa shape index (κ2) is 5.95. The Balaban J connectivity index is 2.93.